The number of hydrogen-bond donors (Lipinski definition) is 3. The van der Waals surface area contributed by atoms with Gasteiger partial charge in [0.1, 0.15) is 5.75 Å². The number of aliphatic hydroxyl groups excluding tert-OH is 1. The summed E-state index contributed by atoms with van der Waals surface area (Å²) in [4.78, 5) is 11.8. The Kier molecular flexibility index (Phi) is 6.63. The molecule has 5 nitrogen and oxygen atoms in total. The Hall–Kier alpha value is -2.53. The summed E-state index contributed by atoms with van der Waals surface area (Å²) in [6.07, 6.45) is -0.104. The normalized spacial score (nSPS) is 11.6. The number of ether oxygens (including phenoxy) is 1. The van der Waals surface area contributed by atoms with Crippen molar-refractivity contribution in [2.45, 2.75) is 26.0 Å². The monoisotopic (exact) mass is 328 g/mol. The number of aliphatic hydroxyl groups is 1. The van der Waals surface area contributed by atoms with Gasteiger partial charge in [-0.1, -0.05) is 36.4 Å². The highest BCUT2D eigenvalue weighted by Gasteiger charge is 2.08. The minimum absolute atomic E-state index is 0.206. The number of rotatable bonds is 7. The van der Waals surface area contributed by atoms with Crippen molar-refractivity contribution >= 4 is 6.03 Å². The third-order valence-electron chi connectivity index (χ3n) is 3.61. The van der Waals surface area contributed by atoms with Crippen LogP contribution in [-0.2, 0) is 13.0 Å². The fourth-order valence-electron chi connectivity index (χ4n) is 2.46. The van der Waals surface area contributed by atoms with Gasteiger partial charge in [0.2, 0.25) is 0 Å². The molecular formula is C19H24N2O3. The van der Waals surface area contributed by atoms with Crippen LogP contribution < -0.4 is 15.4 Å². The quantitative estimate of drug-likeness (QED) is 0.731. The lowest BCUT2D eigenvalue weighted by Crippen LogP contribution is -2.40. The van der Waals surface area contributed by atoms with Crippen LogP contribution in [0.2, 0.25) is 0 Å². The molecular weight excluding hydrogens is 304 g/mol. The van der Waals surface area contributed by atoms with Gasteiger partial charge in [0.25, 0.3) is 0 Å². The second-order valence-electron chi connectivity index (χ2n) is 5.77. The first-order valence-corrected chi connectivity index (χ1v) is 7.95. The maximum atomic E-state index is 11.8. The molecule has 0 fully saturated rings. The van der Waals surface area contributed by atoms with Crippen molar-refractivity contribution in [3.8, 4) is 5.75 Å². The molecule has 0 spiro atoms. The van der Waals surface area contributed by atoms with Crippen LogP contribution in [0.4, 0.5) is 4.79 Å². The first kappa shape index (κ1) is 17.8. The third-order valence-corrected chi connectivity index (χ3v) is 3.61. The molecule has 0 saturated heterocycles. The van der Waals surface area contributed by atoms with Crippen molar-refractivity contribution in [2.24, 2.45) is 0 Å². The molecule has 3 N–H and O–H groups in total. The van der Waals surface area contributed by atoms with Crippen LogP contribution in [0.1, 0.15) is 16.7 Å². The lowest BCUT2D eigenvalue weighted by molar-refractivity contribution is 0.170. The highest BCUT2D eigenvalue weighted by Crippen LogP contribution is 2.16. The Morgan fingerprint density at radius 1 is 1.12 bits per heavy atom. The molecule has 0 bridgehead atoms. The molecule has 128 valence electrons. The number of hydrogen-bond acceptors (Lipinski definition) is 3. The van der Waals surface area contributed by atoms with Crippen LogP contribution in [0, 0.1) is 6.92 Å². The van der Waals surface area contributed by atoms with Crippen LogP contribution in [0.15, 0.2) is 48.5 Å². The molecule has 1 unspecified atom stereocenters. The van der Waals surface area contributed by atoms with E-state index in [0.717, 1.165) is 22.4 Å². The number of nitrogens with one attached hydrogen (secondary N) is 2. The highest BCUT2D eigenvalue weighted by molar-refractivity contribution is 5.73. The summed E-state index contributed by atoms with van der Waals surface area (Å²) < 4.78 is 5.22. The topological polar surface area (TPSA) is 70.6 Å². The van der Waals surface area contributed by atoms with E-state index in [1.165, 1.54) is 0 Å². The number of benzene rings is 2. The highest BCUT2D eigenvalue weighted by atomic mass is 16.5. The summed E-state index contributed by atoms with van der Waals surface area (Å²) in [6.45, 7) is 2.59. The van der Waals surface area contributed by atoms with Gasteiger partial charge in [-0.15, -0.1) is 0 Å². The smallest absolute Gasteiger partial charge is 0.315 e. The second kappa shape index (κ2) is 8.93. The van der Waals surface area contributed by atoms with Gasteiger partial charge in [-0.3, -0.25) is 0 Å². The maximum absolute atomic E-state index is 11.8. The van der Waals surface area contributed by atoms with Gasteiger partial charge in [-0.05, 0) is 35.7 Å². The molecule has 1 atom stereocenters. The van der Waals surface area contributed by atoms with Gasteiger partial charge in [-0.25, -0.2) is 4.79 Å². The number of methoxy groups -OCH3 is 1. The molecule has 0 heterocycles. The predicted molar refractivity (Wildman–Crippen MR) is 94.1 cm³/mol. The number of amides is 2. The zero-order valence-corrected chi connectivity index (χ0v) is 14.1. The van der Waals surface area contributed by atoms with Crippen molar-refractivity contribution in [2.75, 3.05) is 13.7 Å². The zero-order chi connectivity index (χ0) is 17.4. The van der Waals surface area contributed by atoms with Crippen LogP contribution in [0.5, 0.6) is 5.75 Å². The largest absolute Gasteiger partial charge is 0.497 e. The van der Waals surface area contributed by atoms with E-state index in [4.69, 9.17) is 4.74 Å². The van der Waals surface area contributed by atoms with E-state index in [2.05, 4.69) is 10.6 Å². The molecule has 2 amide bonds. The zero-order valence-electron chi connectivity index (χ0n) is 14.1. The molecule has 2 aromatic rings. The van der Waals surface area contributed by atoms with E-state index >= 15 is 0 Å². The van der Waals surface area contributed by atoms with Crippen LogP contribution in [-0.4, -0.2) is 30.9 Å². The standard InChI is InChI=1S/C19H24N2O3/c1-14-8-16(11-18(9-14)24-2)12-20-19(23)21-13-17(22)10-15-6-4-3-5-7-15/h3-9,11,17,22H,10,12-13H2,1-2H3,(H2,20,21,23). The van der Waals surface area contributed by atoms with Gasteiger partial charge >= 0.3 is 6.03 Å². The Labute approximate surface area is 142 Å². The van der Waals surface area contributed by atoms with Crippen molar-refractivity contribution in [3.63, 3.8) is 0 Å². The van der Waals surface area contributed by atoms with Crippen molar-refractivity contribution in [3.05, 3.63) is 65.2 Å². The number of carbonyl (C=O) groups excluding carboxylic acids is 1. The lowest BCUT2D eigenvalue weighted by atomic mass is 10.1. The fraction of sp³-hybridized carbons (Fsp3) is 0.316. The first-order valence-electron chi connectivity index (χ1n) is 7.95. The number of carbonyl (C=O) groups is 1. The Bertz CT molecular complexity index is 659. The third kappa shape index (κ3) is 5.93. The molecule has 0 saturated carbocycles. The summed E-state index contributed by atoms with van der Waals surface area (Å²) in [6, 6.07) is 15.2. The Morgan fingerprint density at radius 2 is 1.88 bits per heavy atom. The molecule has 0 aliphatic carbocycles. The van der Waals surface area contributed by atoms with Crippen molar-refractivity contribution < 1.29 is 14.6 Å². The van der Waals surface area contributed by atoms with E-state index in [-0.39, 0.29) is 12.6 Å². The van der Waals surface area contributed by atoms with Gasteiger partial charge in [0.05, 0.1) is 13.2 Å². The molecule has 0 aromatic heterocycles. The van der Waals surface area contributed by atoms with E-state index in [1.54, 1.807) is 7.11 Å². The Morgan fingerprint density at radius 3 is 2.58 bits per heavy atom. The molecule has 5 heteroatoms. The average molecular weight is 328 g/mol. The second-order valence-corrected chi connectivity index (χ2v) is 5.77. The van der Waals surface area contributed by atoms with E-state index < -0.39 is 6.10 Å². The summed E-state index contributed by atoms with van der Waals surface area (Å²) >= 11 is 0. The van der Waals surface area contributed by atoms with E-state index in [0.29, 0.717) is 13.0 Å². The predicted octanol–water partition coefficient (Wildman–Crippen LogP) is 2.41. The molecule has 24 heavy (non-hydrogen) atoms. The maximum Gasteiger partial charge on any atom is 0.315 e. The van der Waals surface area contributed by atoms with Crippen molar-refractivity contribution in [1.29, 1.82) is 0 Å². The average Bonchev–Trinajstić information content (AvgIpc) is 2.58. The SMILES string of the molecule is COc1cc(C)cc(CNC(=O)NCC(O)Cc2ccccc2)c1. The minimum Gasteiger partial charge on any atom is -0.497 e. The molecule has 2 rings (SSSR count). The lowest BCUT2D eigenvalue weighted by Gasteiger charge is -2.13. The van der Waals surface area contributed by atoms with E-state index in [9.17, 15) is 9.90 Å². The minimum atomic E-state index is -0.614. The van der Waals surface area contributed by atoms with Gasteiger partial charge < -0.3 is 20.5 Å². The van der Waals surface area contributed by atoms with Gasteiger partial charge in [0.15, 0.2) is 0 Å². The number of aryl methyl sites for hydroxylation is 1. The van der Waals surface area contributed by atoms with Crippen LogP contribution in [0.25, 0.3) is 0 Å². The summed E-state index contributed by atoms with van der Waals surface area (Å²) in [5, 5.41) is 15.4. The van der Waals surface area contributed by atoms with Crippen molar-refractivity contribution in [1.82, 2.24) is 10.6 Å². The van der Waals surface area contributed by atoms with Crippen LogP contribution in [0.3, 0.4) is 0 Å². The molecule has 2 aromatic carbocycles. The first-order chi connectivity index (χ1) is 11.6. The number of urea groups is 1. The summed E-state index contributed by atoms with van der Waals surface area (Å²) in [5.41, 5.74) is 3.08. The van der Waals surface area contributed by atoms with Gasteiger partial charge in [-0.2, -0.15) is 0 Å². The molecule has 0 aliphatic heterocycles. The summed E-state index contributed by atoms with van der Waals surface area (Å²) in [5.74, 6) is 0.769. The Balaban J connectivity index is 1.74. The molecule has 0 radical (unpaired) electrons. The van der Waals surface area contributed by atoms with Gasteiger partial charge in [0, 0.05) is 19.5 Å². The molecule has 0 aliphatic rings. The fourth-order valence-corrected chi connectivity index (χ4v) is 2.46. The van der Waals surface area contributed by atoms with Crippen LogP contribution >= 0.6 is 0 Å². The van der Waals surface area contributed by atoms with E-state index in [1.807, 2.05) is 55.5 Å². The summed E-state index contributed by atoms with van der Waals surface area (Å²) in [7, 11) is 1.62.